The van der Waals surface area contributed by atoms with Gasteiger partial charge in [-0.2, -0.15) is 0 Å². The third kappa shape index (κ3) is 2.31. The van der Waals surface area contributed by atoms with Gasteiger partial charge in [-0.25, -0.2) is 4.98 Å². The van der Waals surface area contributed by atoms with Crippen molar-refractivity contribution in [2.75, 3.05) is 7.11 Å². The average molecular weight is 261 g/mol. The van der Waals surface area contributed by atoms with Crippen LogP contribution in [0.1, 0.15) is 19.5 Å². The van der Waals surface area contributed by atoms with Crippen molar-refractivity contribution in [3.8, 4) is 17.2 Å². The molecular weight excluding hydrogens is 246 g/mol. The van der Waals surface area contributed by atoms with E-state index in [2.05, 4.69) is 4.98 Å². The van der Waals surface area contributed by atoms with Crippen LogP contribution in [-0.4, -0.2) is 23.2 Å². The first-order chi connectivity index (χ1) is 8.96. The third-order valence-corrected chi connectivity index (χ3v) is 3.02. The zero-order chi connectivity index (χ0) is 14.0. The largest absolute Gasteiger partial charge is 0.496 e. The van der Waals surface area contributed by atoms with Crippen molar-refractivity contribution in [3.63, 3.8) is 0 Å². The van der Waals surface area contributed by atoms with E-state index in [1.807, 2.05) is 18.2 Å². The minimum atomic E-state index is -1.09. The van der Waals surface area contributed by atoms with Crippen LogP contribution in [0.2, 0.25) is 0 Å². The van der Waals surface area contributed by atoms with Crippen LogP contribution in [0.5, 0.6) is 5.75 Å². The van der Waals surface area contributed by atoms with Crippen LogP contribution in [0.3, 0.4) is 0 Å². The lowest BCUT2D eigenvalue weighted by atomic mass is 9.90. The zero-order valence-corrected chi connectivity index (χ0v) is 11.0. The first kappa shape index (κ1) is 13.1. The molecule has 19 heavy (non-hydrogen) atoms. The van der Waals surface area contributed by atoms with Crippen LogP contribution in [0.4, 0.5) is 0 Å². The summed E-state index contributed by atoms with van der Waals surface area (Å²) in [5.41, 5.74) is -0.0256. The van der Waals surface area contributed by atoms with Crippen molar-refractivity contribution in [2.24, 2.45) is 0 Å². The third-order valence-electron chi connectivity index (χ3n) is 3.02. The summed E-state index contributed by atoms with van der Waals surface area (Å²) in [7, 11) is 1.56. The van der Waals surface area contributed by atoms with Gasteiger partial charge >= 0.3 is 5.97 Å². The van der Waals surface area contributed by atoms with Gasteiger partial charge in [0.05, 0.1) is 18.4 Å². The summed E-state index contributed by atoms with van der Waals surface area (Å²) in [6, 6.07) is 7.28. The second-order valence-corrected chi connectivity index (χ2v) is 4.67. The minimum absolute atomic E-state index is 0.349. The predicted octanol–water partition coefficient (Wildman–Crippen LogP) is 2.71. The number of hydrogen-bond acceptors (Lipinski definition) is 4. The summed E-state index contributed by atoms with van der Waals surface area (Å²) >= 11 is 0. The predicted molar refractivity (Wildman–Crippen MR) is 69.2 cm³/mol. The lowest BCUT2D eigenvalue weighted by Crippen LogP contribution is -2.28. The lowest BCUT2D eigenvalue weighted by molar-refractivity contribution is -0.142. The second-order valence-electron chi connectivity index (χ2n) is 4.67. The molecule has 1 N–H and O–H groups in total. The highest BCUT2D eigenvalue weighted by Gasteiger charge is 2.33. The number of carbonyl (C=O) groups is 1. The number of benzene rings is 1. The Balaban J connectivity index is 2.44. The highest BCUT2D eigenvalue weighted by Crippen LogP contribution is 2.31. The normalized spacial score (nSPS) is 11.3. The Kier molecular flexibility index (Phi) is 3.29. The molecule has 100 valence electrons. The fourth-order valence-corrected chi connectivity index (χ4v) is 1.62. The van der Waals surface area contributed by atoms with E-state index in [9.17, 15) is 4.79 Å². The van der Waals surface area contributed by atoms with Crippen molar-refractivity contribution in [2.45, 2.75) is 19.3 Å². The van der Waals surface area contributed by atoms with Gasteiger partial charge in [-0.3, -0.25) is 4.79 Å². The Hall–Kier alpha value is -2.30. The minimum Gasteiger partial charge on any atom is -0.496 e. The molecule has 0 atom stereocenters. The molecule has 0 bridgehead atoms. The molecule has 0 saturated heterocycles. The van der Waals surface area contributed by atoms with Gasteiger partial charge in [0.2, 0.25) is 5.89 Å². The van der Waals surface area contributed by atoms with E-state index in [-0.39, 0.29) is 0 Å². The number of ether oxygens (including phenoxy) is 1. The van der Waals surface area contributed by atoms with Gasteiger partial charge in [-0.15, -0.1) is 0 Å². The Labute approximate surface area is 110 Å². The monoisotopic (exact) mass is 261 g/mol. The van der Waals surface area contributed by atoms with Crippen molar-refractivity contribution in [1.29, 1.82) is 0 Å². The van der Waals surface area contributed by atoms with Crippen LogP contribution >= 0.6 is 0 Å². The summed E-state index contributed by atoms with van der Waals surface area (Å²) in [4.78, 5) is 15.4. The molecule has 2 aromatic rings. The van der Waals surface area contributed by atoms with Crippen molar-refractivity contribution < 1.29 is 19.1 Å². The van der Waals surface area contributed by atoms with Crippen molar-refractivity contribution in [1.82, 2.24) is 4.98 Å². The van der Waals surface area contributed by atoms with Crippen molar-refractivity contribution in [3.05, 3.63) is 36.2 Å². The first-order valence-electron chi connectivity index (χ1n) is 5.79. The quantitative estimate of drug-likeness (QED) is 0.916. The summed E-state index contributed by atoms with van der Waals surface area (Å²) < 4.78 is 10.6. The maximum absolute atomic E-state index is 11.2. The topological polar surface area (TPSA) is 72.6 Å². The molecule has 1 heterocycles. The molecule has 0 fully saturated rings. The SMILES string of the molecule is COc1ccccc1-c1nc(C(C)(C)C(=O)O)co1. The van der Waals surface area contributed by atoms with Crippen LogP contribution < -0.4 is 4.74 Å². The number of carboxylic acids is 1. The molecule has 5 heteroatoms. The van der Waals surface area contributed by atoms with E-state index in [1.54, 1.807) is 27.0 Å². The highest BCUT2D eigenvalue weighted by atomic mass is 16.5. The van der Waals surface area contributed by atoms with Gasteiger partial charge in [0.15, 0.2) is 0 Å². The Morgan fingerprint density at radius 2 is 2.05 bits per heavy atom. The van der Waals surface area contributed by atoms with Gasteiger partial charge in [0.25, 0.3) is 0 Å². The molecule has 0 amide bonds. The maximum atomic E-state index is 11.2. The van der Waals surface area contributed by atoms with Gasteiger partial charge in [0.1, 0.15) is 17.4 Å². The molecule has 2 rings (SSSR count). The summed E-state index contributed by atoms with van der Waals surface area (Å²) in [6.07, 6.45) is 1.37. The number of carboxylic acid groups (broad SMARTS) is 1. The Bertz CT molecular complexity index is 601. The smallest absolute Gasteiger partial charge is 0.315 e. The number of methoxy groups -OCH3 is 1. The van der Waals surface area contributed by atoms with E-state index in [4.69, 9.17) is 14.3 Å². The summed E-state index contributed by atoms with van der Waals surface area (Å²) in [5, 5.41) is 9.17. The number of aromatic nitrogens is 1. The Morgan fingerprint density at radius 3 is 2.68 bits per heavy atom. The summed E-state index contributed by atoms with van der Waals surface area (Å²) in [5.74, 6) is 0.0261. The molecule has 0 aliphatic carbocycles. The number of oxazole rings is 1. The zero-order valence-electron chi connectivity index (χ0n) is 11.0. The molecule has 0 spiro atoms. The van der Waals surface area contributed by atoms with Crippen LogP contribution in [0.25, 0.3) is 11.5 Å². The number of aliphatic carboxylic acids is 1. The first-order valence-corrected chi connectivity index (χ1v) is 5.79. The van der Waals surface area contributed by atoms with Crippen LogP contribution in [0, 0.1) is 0 Å². The van der Waals surface area contributed by atoms with Gasteiger partial charge in [0, 0.05) is 0 Å². The number of hydrogen-bond donors (Lipinski definition) is 1. The van der Waals surface area contributed by atoms with E-state index in [1.165, 1.54) is 6.26 Å². The lowest BCUT2D eigenvalue weighted by Gasteiger charge is -2.14. The molecular formula is C14H15NO4. The van der Waals surface area contributed by atoms with Crippen molar-refractivity contribution >= 4 is 5.97 Å². The second kappa shape index (κ2) is 4.76. The van der Waals surface area contributed by atoms with Crippen LogP contribution in [0.15, 0.2) is 34.9 Å². The summed E-state index contributed by atoms with van der Waals surface area (Å²) in [6.45, 7) is 3.17. The molecule has 0 saturated carbocycles. The standard InChI is InChI=1S/C14H15NO4/c1-14(2,13(16)17)11-8-19-12(15-11)9-6-4-5-7-10(9)18-3/h4-8H,1-3H3,(H,16,17). The highest BCUT2D eigenvalue weighted by molar-refractivity contribution is 5.79. The molecule has 0 unspecified atom stereocenters. The van der Waals surface area contributed by atoms with Crippen LogP contribution in [-0.2, 0) is 10.2 Å². The molecule has 1 aromatic carbocycles. The fraction of sp³-hybridized carbons (Fsp3) is 0.286. The van der Waals surface area contributed by atoms with E-state index < -0.39 is 11.4 Å². The number of rotatable bonds is 4. The van der Waals surface area contributed by atoms with Gasteiger partial charge < -0.3 is 14.3 Å². The van der Waals surface area contributed by atoms with E-state index in [0.29, 0.717) is 22.9 Å². The van der Waals surface area contributed by atoms with Gasteiger partial charge in [-0.05, 0) is 26.0 Å². The Morgan fingerprint density at radius 1 is 1.37 bits per heavy atom. The molecule has 5 nitrogen and oxygen atoms in total. The number of para-hydroxylation sites is 1. The molecule has 0 aliphatic heterocycles. The fourth-order valence-electron chi connectivity index (χ4n) is 1.62. The maximum Gasteiger partial charge on any atom is 0.315 e. The number of nitrogens with zero attached hydrogens (tertiary/aromatic N) is 1. The molecule has 0 radical (unpaired) electrons. The van der Waals surface area contributed by atoms with Gasteiger partial charge in [-0.1, -0.05) is 12.1 Å². The van der Waals surface area contributed by atoms with E-state index >= 15 is 0 Å². The molecule has 1 aromatic heterocycles. The molecule has 0 aliphatic rings. The van der Waals surface area contributed by atoms with E-state index in [0.717, 1.165) is 0 Å². The average Bonchev–Trinajstić information content (AvgIpc) is 2.88.